The van der Waals surface area contributed by atoms with Crippen molar-refractivity contribution >= 4 is 5.57 Å². The summed E-state index contributed by atoms with van der Waals surface area (Å²) in [6.07, 6.45) is 8.17. The topological polar surface area (TPSA) is 0 Å². The van der Waals surface area contributed by atoms with Gasteiger partial charge in [0.25, 0.3) is 0 Å². The molecule has 0 aliphatic heterocycles. The van der Waals surface area contributed by atoms with Gasteiger partial charge in [-0.25, -0.2) is 0 Å². The van der Waals surface area contributed by atoms with Crippen LogP contribution in [0.25, 0.3) is 5.57 Å². The normalized spacial score (nSPS) is 13.6. The molecule has 116 valence electrons. The third kappa shape index (κ3) is 4.21. The number of benzene rings is 1. The van der Waals surface area contributed by atoms with Crippen LogP contribution < -0.4 is 0 Å². The Kier molecular flexibility index (Phi) is 7.39. The van der Waals surface area contributed by atoms with Gasteiger partial charge >= 0.3 is 0 Å². The van der Waals surface area contributed by atoms with Crippen LogP contribution in [-0.4, -0.2) is 0 Å². The molecule has 0 nitrogen and oxygen atoms in total. The van der Waals surface area contributed by atoms with Crippen molar-refractivity contribution in [3.63, 3.8) is 0 Å². The Labute approximate surface area is 136 Å². The van der Waals surface area contributed by atoms with Crippen molar-refractivity contribution in [3.05, 3.63) is 89.6 Å². The van der Waals surface area contributed by atoms with Gasteiger partial charge in [-0.15, -0.1) is 0 Å². The summed E-state index contributed by atoms with van der Waals surface area (Å²) in [6, 6.07) is 10.6. The van der Waals surface area contributed by atoms with E-state index in [1.54, 1.807) is 0 Å². The molecule has 0 heterocycles. The fraction of sp³-hybridized carbons (Fsp3) is 0.273. The molecule has 0 aliphatic rings. The standard InChI is InChI=1S/C22H28/c1-7-14-21(18(8-2)9-3)22(20(10-4)17(5)6)19-15-12-11-13-16-19/h7-8,11-16H,1,5,9-10H2,2-4,6H3/b18-8-,21-14+,22-20-. The predicted molar refractivity (Wildman–Crippen MR) is 101 cm³/mol. The summed E-state index contributed by atoms with van der Waals surface area (Å²) in [5.74, 6) is 0. The molecule has 0 N–H and O–H groups in total. The summed E-state index contributed by atoms with van der Waals surface area (Å²) in [7, 11) is 0. The molecule has 0 saturated carbocycles. The van der Waals surface area contributed by atoms with Crippen LogP contribution >= 0.6 is 0 Å². The molecule has 0 spiro atoms. The van der Waals surface area contributed by atoms with Gasteiger partial charge in [-0.2, -0.15) is 0 Å². The Morgan fingerprint density at radius 2 is 1.73 bits per heavy atom. The molecule has 0 fully saturated rings. The maximum atomic E-state index is 4.20. The highest BCUT2D eigenvalue weighted by molar-refractivity contribution is 5.87. The first-order valence-corrected chi connectivity index (χ1v) is 8.03. The molecule has 0 bridgehead atoms. The zero-order valence-electron chi connectivity index (χ0n) is 14.4. The number of hydrogen-bond acceptors (Lipinski definition) is 0. The van der Waals surface area contributed by atoms with Crippen molar-refractivity contribution in [1.29, 1.82) is 0 Å². The minimum absolute atomic E-state index is 0.967. The quantitative estimate of drug-likeness (QED) is 0.480. The molecule has 0 unspecified atom stereocenters. The smallest absolute Gasteiger partial charge is 0.00744 e. The molecular weight excluding hydrogens is 264 g/mol. The fourth-order valence-corrected chi connectivity index (χ4v) is 2.81. The first-order valence-electron chi connectivity index (χ1n) is 8.03. The lowest BCUT2D eigenvalue weighted by Crippen LogP contribution is -2.00. The molecule has 0 atom stereocenters. The van der Waals surface area contributed by atoms with E-state index in [9.17, 15) is 0 Å². The number of hydrogen-bond donors (Lipinski definition) is 0. The minimum Gasteiger partial charge on any atom is -0.0990 e. The molecule has 0 heteroatoms. The van der Waals surface area contributed by atoms with Crippen molar-refractivity contribution in [2.75, 3.05) is 0 Å². The monoisotopic (exact) mass is 292 g/mol. The maximum absolute atomic E-state index is 4.20. The summed E-state index contributed by atoms with van der Waals surface area (Å²) in [5.41, 5.74) is 7.56. The molecular formula is C22H28. The van der Waals surface area contributed by atoms with Crippen LogP contribution in [0.5, 0.6) is 0 Å². The van der Waals surface area contributed by atoms with Crippen LogP contribution in [0.4, 0.5) is 0 Å². The Balaban J connectivity index is 3.73. The van der Waals surface area contributed by atoms with Crippen molar-refractivity contribution in [3.8, 4) is 0 Å². The van der Waals surface area contributed by atoms with E-state index < -0.39 is 0 Å². The van der Waals surface area contributed by atoms with Gasteiger partial charge < -0.3 is 0 Å². The summed E-state index contributed by atoms with van der Waals surface area (Å²) >= 11 is 0. The van der Waals surface area contributed by atoms with E-state index in [1.165, 1.54) is 27.9 Å². The molecule has 0 aromatic heterocycles. The maximum Gasteiger partial charge on any atom is -0.00744 e. The van der Waals surface area contributed by atoms with Gasteiger partial charge in [-0.3, -0.25) is 0 Å². The first kappa shape index (κ1) is 18.0. The van der Waals surface area contributed by atoms with E-state index in [0.717, 1.165) is 18.4 Å². The second-order valence-electron chi connectivity index (χ2n) is 5.34. The van der Waals surface area contributed by atoms with E-state index in [-0.39, 0.29) is 0 Å². The molecule has 1 aromatic carbocycles. The first-order chi connectivity index (χ1) is 10.6. The highest BCUT2D eigenvalue weighted by Gasteiger charge is 2.15. The summed E-state index contributed by atoms with van der Waals surface area (Å²) in [4.78, 5) is 0. The minimum atomic E-state index is 0.967. The average molecular weight is 292 g/mol. The van der Waals surface area contributed by atoms with Gasteiger partial charge in [0.05, 0.1) is 0 Å². The third-order valence-corrected chi connectivity index (χ3v) is 3.86. The van der Waals surface area contributed by atoms with Crippen LogP contribution in [0.2, 0.25) is 0 Å². The molecule has 22 heavy (non-hydrogen) atoms. The summed E-state index contributed by atoms with van der Waals surface area (Å²) in [6.45, 7) is 16.7. The molecule has 0 amide bonds. The predicted octanol–water partition coefficient (Wildman–Crippen LogP) is 6.90. The second-order valence-corrected chi connectivity index (χ2v) is 5.34. The van der Waals surface area contributed by atoms with Gasteiger partial charge in [0.15, 0.2) is 0 Å². The second kappa shape index (κ2) is 9.04. The zero-order valence-corrected chi connectivity index (χ0v) is 14.4. The van der Waals surface area contributed by atoms with Gasteiger partial charge in [0.2, 0.25) is 0 Å². The third-order valence-electron chi connectivity index (χ3n) is 3.86. The molecule has 1 rings (SSSR count). The highest BCUT2D eigenvalue weighted by atomic mass is 14.2. The average Bonchev–Trinajstić information content (AvgIpc) is 2.53. The Bertz CT molecular complexity index is 607. The van der Waals surface area contributed by atoms with Gasteiger partial charge in [0, 0.05) is 0 Å². The van der Waals surface area contributed by atoms with Crippen molar-refractivity contribution in [2.24, 2.45) is 0 Å². The lowest BCUT2D eigenvalue weighted by Gasteiger charge is -2.20. The van der Waals surface area contributed by atoms with Crippen molar-refractivity contribution < 1.29 is 0 Å². The fourth-order valence-electron chi connectivity index (χ4n) is 2.81. The van der Waals surface area contributed by atoms with E-state index in [1.807, 2.05) is 6.08 Å². The Morgan fingerprint density at radius 3 is 2.14 bits per heavy atom. The Morgan fingerprint density at radius 1 is 1.09 bits per heavy atom. The van der Waals surface area contributed by atoms with Crippen molar-refractivity contribution in [1.82, 2.24) is 0 Å². The highest BCUT2D eigenvalue weighted by Crippen LogP contribution is 2.36. The Hall–Kier alpha value is -2.08. The molecule has 0 aliphatic carbocycles. The summed E-state index contributed by atoms with van der Waals surface area (Å²) in [5, 5.41) is 0. The van der Waals surface area contributed by atoms with Gasteiger partial charge in [0.1, 0.15) is 0 Å². The van der Waals surface area contributed by atoms with E-state index in [0.29, 0.717) is 0 Å². The van der Waals surface area contributed by atoms with Crippen LogP contribution in [0.1, 0.15) is 46.1 Å². The van der Waals surface area contributed by atoms with Crippen LogP contribution in [0.15, 0.2) is 84.0 Å². The lowest BCUT2D eigenvalue weighted by molar-refractivity contribution is 1.09. The van der Waals surface area contributed by atoms with Crippen LogP contribution in [-0.2, 0) is 0 Å². The van der Waals surface area contributed by atoms with Crippen LogP contribution in [0.3, 0.4) is 0 Å². The van der Waals surface area contributed by atoms with Gasteiger partial charge in [-0.05, 0) is 54.5 Å². The zero-order chi connectivity index (χ0) is 16.5. The number of rotatable bonds is 7. The molecule has 0 saturated heterocycles. The van der Waals surface area contributed by atoms with Gasteiger partial charge in [-0.1, -0.05) is 81.1 Å². The lowest BCUT2D eigenvalue weighted by atomic mass is 9.84. The molecule has 0 radical (unpaired) electrons. The summed E-state index contributed by atoms with van der Waals surface area (Å²) < 4.78 is 0. The van der Waals surface area contributed by atoms with E-state index >= 15 is 0 Å². The van der Waals surface area contributed by atoms with Crippen LogP contribution in [0, 0.1) is 0 Å². The van der Waals surface area contributed by atoms with E-state index in [4.69, 9.17) is 0 Å². The van der Waals surface area contributed by atoms with E-state index in [2.05, 4.69) is 83.3 Å². The largest absolute Gasteiger partial charge is 0.0990 e. The SMILES string of the molecule is C=C/C=C(C(=C/C)\CC)/C(=C(/CC)C(=C)C)c1ccccc1. The number of allylic oxidation sites excluding steroid dienone is 8. The van der Waals surface area contributed by atoms with Crippen molar-refractivity contribution in [2.45, 2.75) is 40.5 Å². The molecule has 1 aromatic rings.